The van der Waals surface area contributed by atoms with Gasteiger partial charge in [-0.3, -0.25) is 0 Å². The molecule has 0 N–H and O–H groups in total. The maximum atomic E-state index is 2.64. The molecule has 0 saturated heterocycles. The molecule has 0 spiro atoms. The molecule has 0 atom stereocenters. The van der Waals surface area contributed by atoms with Gasteiger partial charge in [0.15, 0.2) is 0 Å². The van der Waals surface area contributed by atoms with Crippen LogP contribution in [-0.2, 0) is 10.8 Å². The van der Waals surface area contributed by atoms with E-state index in [-0.39, 0.29) is 10.8 Å². The van der Waals surface area contributed by atoms with Gasteiger partial charge in [-0.2, -0.15) is 0 Å². The lowest BCUT2D eigenvalue weighted by Gasteiger charge is -2.34. The third-order valence-electron chi connectivity index (χ3n) is 14.4. The predicted molar refractivity (Wildman–Crippen MR) is 267 cm³/mol. The zero-order chi connectivity index (χ0) is 41.5. The molecule has 11 aromatic rings. The molecule has 1 heterocycles. The van der Waals surface area contributed by atoms with Crippen molar-refractivity contribution in [3.63, 3.8) is 0 Å². The monoisotopic (exact) mass is 809 g/mol. The van der Waals surface area contributed by atoms with Crippen LogP contribution in [0.3, 0.4) is 0 Å². The van der Waals surface area contributed by atoms with E-state index in [4.69, 9.17) is 0 Å². The molecule has 294 valence electrons. The number of fused-ring (bicyclic) bond motifs is 15. The van der Waals surface area contributed by atoms with Crippen molar-refractivity contribution >= 4 is 80.9 Å². The fourth-order valence-electron chi connectivity index (χ4n) is 11.6. The van der Waals surface area contributed by atoms with Crippen molar-refractivity contribution in [2.75, 3.05) is 4.90 Å². The maximum Gasteiger partial charge on any atom is 0.0547 e. The maximum absolute atomic E-state index is 2.64. The van der Waals surface area contributed by atoms with Crippen LogP contribution in [0.4, 0.5) is 17.1 Å². The van der Waals surface area contributed by atoms with Crippen molar-refractivity contribution in [3.8, 4) is 33.4 Å². The average Bonchev–Trinajstić information content (AvgIpc) is 3.89. The van der Waals surface area contributed by atoms with E-state index in [0.29, 0.717) is 0 Å². The Morgan fingerprint density at radius 1 is 0.371 bits per heavy atom. The van der Waals surface area contributed by atoms with Gasteiger partial charge in [0.25, 0.3) is 0 Å². The minimum absolute atomic E-state index is 0.161. The molecule has 10 aromatic carbocycles. The standard InChI is InChI=1S/C60H43NS/c1-59(2)49-27-12-9-20-40(49)42-32-31-36(35-51(42)59)61(53-29-16-24-46-41-21-10-13-28-50(41)60(3,4)57(46)53)52-34-33-45-39-19-6-5-17-37(39)38-18-7-8-23-44(38)55(45)56(52)48-26-15-25-47-43-22-11-14-30-54(43)62-58(47)48/h5-35H,1-4H3. The highest BCUT2D eigenvalue weighted by Crippen LogP contribution is 2.58. The van der Waals surface area contributed by atoms with Gasteiger partial charge in [0.2, 0.25) is 0 Å². The summed E-state index contributed by atoms with van der Waals surface area (Å²) in [6.45, 7) is 9.63. The normalized spacial score (nSPS) is 14.4. The minimum atomic E-state index is -0.238. The first kappa shape index (κ1) is 35.7. The summed E-state index contributed by atoms with van der Waals surface area (Å²) >= 11 is 1.91. The van der Waals surface area contributed by atoms with E-state index in [1.165, 1.54) is 125 Å². The third kappa shape index (κ3) is 4.73. The number of thiophene rings is 1. The molecule has 1 aromatic heterocycles. The number of hydrogen-bond donors (Lipinski definition) is 0. The van der Waals surface area contributed by atoms with E-state index in [2.05, 4.69) is 221 Å². The Morgan fingerprint density at radius 2 is 0.903 bits per heavy atom. The largest absolute Gasteiger partial charge is 0.310 e. The molecule has 0 saturated carbocycles. The molecular weight excluding hydrogens is 767 g/mol. The first-order valence-corrected chi connectivity index (χ1v) is 22.7. The van der Waals surface area contributed by atoms with Gasteiger partial charge in [0.05, 0.1) is 11.4 Å². The van der Waals surface area contributed by atoms with Crippen LogP contribution in [0.1, 0.15) is 49.9 Å². The fraction of sp³-hybridized carbons (Fsp3) is 0.100. The fourth-order valence-corrected chi connectivity index (χ4v) is 12.9. The Balaban J connectivity index is 1.21. The highest BCUT2D eigenvalue weighted by Gasteiger charge is 2.40. The molecule has 1 nitrogen and oxygen atoms in total. The molecule has 13 rings (SSSR count). The number of anilines is 3. The molecule has 62 heavy (non-hydrogen) atoms. The summed E-state index contributed by atoms with van der Waals surface area (Å²) in [5.74, 6) is 0. The Bertz CT molecular complexity index is 3680. The minimum Gasteiger partial charge on any atom is -0.310 e. The second-order valence-electron chi connectivity index (χ2n) is 18.4. The van der Waals surface area contributed by atoms with Gasteiger partial charge >= 0.3 is 0 Å². The predicted octanol–water partition coefficient (Wildman–Crippen LogP) is 17.3. The molecule has 0 fully saturated rings. The second-order valence-corrected chi connectivity index (χ2v) is 19.4. The number of benzene rings is 10. The molecule has 0 unspecified atom stereocenters. The van der Waals surface area contributed by atoms with Gasteiger partial charge in [-0.15, -0.1) is 11.3 Å². The molecule has 0 radical (unpaired) electrons. The lowest BCUT2D eigenvalue weighted by Crippen LogP contribution is -2.21. The lowest BCUT2D eigenvalue weighted by atomic mass is 9.80. The highest BCUT2D eigenvalue weighted by molar-refractivity contribution is 7.26. The first-order chi connectivity index (χ1) is 30.3. The van der Waals surface area contributed by atoms with Gasteiger partial charge in [0, 0.05) is 53.2 Å². The van der Waals surface area contributed by atoms with Crippen molar-refractivity contribution < 1.29 is 0 Å². The summed E-state index contributed by atoms with van der Waals surface area (Å²) in [5, 5.41) is 10.3. The second kappa shape index (κ2) is 12.8. The summed E-state index contributed by atoms with van der Waals surface area (Å²) in [4.78, 5) is 2.64. The smallest absolute Gasteiger partial charge is 0.0547 e. The summed E-state index contributed by atoms with van der Waals surface area (Å²) in [7, 11) is 0. The van der Waals surface area contributed by atoms with Crippen LogP contribution in [0.5, 0.6) is 0 Å². The highest BCUT2D eigenvalue weighted by atomic mass is 32.1. The van der Waals surface area contributed by atoms with E-state index < -0.39 is 0 Å². The van der Waals surface area contributed by atoms with Crippen molar-refractivity contribution in [2.45, 2.75) is 38.5 Å². The van der Waals surface area contributed by atoms with Gasteiger partial charge in [-0.05, 0) is 102 Å². The molecule has 2 heteroatoms. The van der Waals surface area contributed by atoms with Crippen LogP contribution in [0.25, 0.3) is 85.9 Å². The Labute approximate surface area is 366 Å². The summed E-state index contributed by atoms with van der Waals surface area (Å²) in [6.07, 6.45) is 0. The van der Waals surface area contributed by atoms with Gasteiger partial charge in [0.1, 0.15) is 0 Å². The van der Waals surface area contributed by atoms with Crippen molar-refractivity contribution in [1.29, 1.82) is 0 Å². The summed E-state index contributed by atoms with van der Waals surface area (Å²) in [5.41, 5.74) is 16.5. The van der Waals surface area contributed by atoms with E-state index >= 15 is 0 Å². The molecular formula is C60H43NS. The average molecular weight is 810 g/mol. The summed E-state index contributed by atoms with van der Waals surface area (Å²) < 4.78 is 2.63. The van der Waals surface area contributed by atoms with Crippen LogP contribution in [0.15, 0.2) is 188 Å². The Hall–Kier alpha value is -7.00. The number of nitrogens with zero attached hydrogens (tertiary/aromatic N) is 1. The van der Waals surface area contributed by atoms with E-state index in [0.717, 1.165) is 0 Å². The number of hydrogen-bond acceptors (Lipinski definition) is 2. The van der Waals surface area contributed by atoms with E-state index in [1.807, 2.05) is 11.3 Å². The molecule has 0 bridgehead atoms. The molecule has 0 aliphatic heterocycles. The molecule has 2 aliphatic carbocycles. The lowest BCUT2D eigenvalue weighted by molar-refractivity contribution is 0.658. The summed E-state index contributed by atoms with van der Waals surface area (Å²) in [6, 6.07) is 71.1. The quantitative estimate of drug-likeness (QED) is 0.160. The van der Waals surface area contributed by atoms with Crippen molar-refractivity contribution in [1.82, 2.24) is 0 Å². The topological polar surface area (TPSA) is 3.24 Å². The number of rotatable bonds is 4. The zero-order valence-corrected chi connectivity index (χ0v) is 36.1. The zero-order valence-electron chi connectivity index (χ0n) is 35.3. The van der Waals surface area contributed by atoms with E-state index in [9.17, 15) is 0 Å². The van der Waals surface area contributed by atoms with Crippen LogP contribution in [0.2, 0.25) is 0 Å². The van der Waals surface area contributed by atoms with Gasteiger partial charge in [-0.25, -0.2) is 0 Å². The molecule has 2 aliphatic rings. The van der Waals surface area contributed by atoms with Crippen LogP contribution < -0.4 is 4.90 Å². The first-order valence-electron chi connectivity index (χ1n) is 21.9. The van der Waals surface area contributed by atoms with Crippen LogP contribution in [0, 0.1) is 0 Å². The van der Waals surface area contributed by atoms with Crippen LogP contribution >= 0.6 is 11.3 Å². The third-order valence-corrected chi connectivity index (χ3v) is 15.6. The van der Waals surface area contributed by atoms with Gasteiger partial charge in [-0.1, -0.05) is 185 Å². The van der Waals surface area contributed by atoms with Gasteiger partial charge < -0.3 is 4.90 Å². The van der Waals surface area contributed by atoms with Crippen molar-refractivity contribution in [2.24, 2.45) is 0 Å². The Morgan fingerprint density at radius 3 is 1.66 bits per heavy atom. The van der Waals surface area contributed by atoms with Crippen LogP contribution in [-0.4, -0.2) is 0 Å². The Kier molecular flexibility index (Phi) is 7.36. The molecule has 0 amide bonds. The van der Waals surface area contributed by atoms with Crippen molar-refractivity contribution in [3.05, 3.63) is 210 Å². The SMILES string of the molecule is CC1(C)c2ccccc2-c2ccc(N(c3cccc4c3C(C)(C)c3ccccc3-4)c3ccc4c5ccccc5c5ccccc5c4c3-c3cccc4c3sc3ccccc34)cc21. The van der Waals surface area contributed by atoms with E-state index in [1.54, 1.807) is 0 Å².